The summed E-state index contributed by atoms with van der Waals surface area (Å²) in [7, 11) is 0. The number of carbonyl (C=O) groups is 1. The predicted molar refractivity (Wildman–Crippen MR) is 82.7 cm³/mol. The van der Waals surface area contributed by atoms with Gasteiger partial charge in [0.2, 0.25) is 0 Å². The van der Waals surface area contributed by atoms with Gasteiger partial charge in [-0.2, -0.15) is 0 Å². The monoisotopic (exact) mass is 329 g/mol. The molecule has 0 aliphatic carbocycles. The number of nitrogens with one attached hydrogen (secondary N) is 1. The van der Waals surface area contributed by atoms with Crippen molar-refractivity contribution in [1.29, 1.82) is 0 Å². The average molecular weight is 330 g/mol. The number of benzene rings is 2. The van der Waals surface area contributed by atoms with E-state index in [-0.39, 0.29) is 12.5 Å². The number of amides is 1. The van der Waals surface area contributed by atoms with Gasteiger partial charge >= 0.3 is 0 Å². The third kappa shape index (κ3) is 2.75. The number of carbonyl (C=O) groups excluding carboxylic acids is 1. The standard InChI is InChI=1S/C16H12BrNO2/c17-13-6-7-15-11(9-13)8-12(10-20-15)16(19)18-14-4-2-1-3-5-14/h1-9H,10H2,(H,18,19). The summed E-state index contributed by atoms with van der Waals surface area (Å²) >= 11 is 3.42. The second kappa shape index (κ2) is 5.51. The lowest BCUT2D eigenvalue weighted by atomic mass is 10.1. The molecule has 2 aromatic carbocycles. The van der Waals surface area contributed by atoms with Crippen LogP contribution >= 0.6 is 15.9 Å². The number of para-hydroxylation sites is 1. The number of hydrogen-bond donors (Lipinski definition) is 1. The van der Waals surface area contributed by atoms with Gasteiger partial charge in [-0.25, -0.2) is 0 Å². The third-order valence-corrected chi connectivity index (χ3v) is 3.50. The Bertz CT molecular complexity index is 680. The molecule has 0 unspecified atom stereocenters. The summed E-state index contributed by atoms with van der Waals surface area (Å²) < 4.78 is 6.56. The van der Waals surface area contributed by atoms with Crippen molar-refractivity contribution >= 4 is 33.6 Å². The third-order valence-electron chi connectivity index (χ3n) is 3.01. The van der Waals surface area contributed by atoms with Gasteiger partial charge in [0.05, 0.1) is 5.57 Å². The number of hydrogen-bond acceptors (Lipinski definition) is 2. The number of halogens is 1. The zero-order valence-corrected chi connectivity index (χ0v) is 12.2. The highest BCUT2D eigenvalue weighted by Gasteiger charge is 2.17. The van der Waals surface area contributed by atoms with Crippen molar-refractivity contribution in [3.63, 3.8) is 0 Å². The van der Waals surface area contributed by atoms with E-state index in [1.165, 1.54) is 0 Å². The molecule has 0 radical (unpaired) electrons. The number of ether oxygens (including phenoxy) is 1. The Labute approximate surface area is 125 Å². The predicted octanol–water partition coefficient (Wildman–Crippen LogP) is 3.86. The second-order valence-corrected chi connectivity index (χ2v) is 5.38. The molecule has 0 fully saturated rings. The summed E-state index contributed by atoms with van der Waals surface area (Å²) in [6, 6.07) is 15.1. The van der Waals surface area contributed by atoms with Crippen molar-refractivity contribution in [3.05, 3.63) is 64.1 Å². The molecule has 0 aromatic heterocycles. The van der Waals surface area contributed by atoms with E-state index < -0.39 is 0 Å². The summed E-state index contributed by atoms with van der Waals surface area (Å²) in [5.41, 5.74) is 2.29. The lowest BCUT2D eigenvalue weighted by Crippen LogP contribution is -2.21. The Morgan fingerprint density at radius 2 is 1.95 bits per heavy atom. The minimum atomic E-state index is -0.137. The topological polar surface area (TPSA) is 38.3 Å². The molecule has 3 nitrogen and oxygen atoms in total. The van der Waals surface area contributed by atoms with Gasteiger partial charge in [-0.3, -0.25) is 4.79 Å². The molecule has 1 heterocycles. The van der Waals surface area contributed by atoms with Crippen LogP contribution < -0.4 is 10.1 Å². The number of fused-ring (bicyclic) bond motifs is 1. The van der Waals surface area contributed by atoms with Gasteiger partial charge < -0.3 is 10.1 Å². The summed E-state index contributed by atoms with van der Waals surface area (Å²) in [5, 5.41) is 2.86. The summed E-state index contributed by atoms with van der Waals surface area (Å²) in [6.07, 6.45) is 1.86. The maximum absolute atomic E-state index is 12.2. The molecular weight excluding hydrogens is 318 g/mol. The number of rotatable bonds is 2. The van der Waals surface area contributed by atoms with E-state index in [0.29, 0.717) is 5.57 Å². The summed E-state index contributed by atoms with van der Waals surface area (Å²) in [4.78, 5) is 12.2. The van der Waals surface area contributed by atoms with Gasteiger partial charge in [-0.05, 0) is 36.4 Å². The van der Waals surface area contributed by atoms with E-state index in [4.69, 9.17) is 4.74 Å². The molecule has 1 aliphatic rings. The first-order valence-electron chi connectivity index (χ1n) is 6.22. The Balaban J connectivity index is 1.83. The maximum Gasteiger partial charge on any atom is 0.255 e. The molecule has 0 atom stereocenters. The zero-order valence-electron chi connectivity index (χ0n) is 10.6. The van der Waals surface area contributed by atoms with Gasteiger partial charge in [-0.1, -0.05) is 34.1 Å². The van der Waals surface area contributed by atoms with E-state index in [9.17, 15) is 4.79 Å². The first-order chi connectivity index (χ1) is 9.72. The molecule has 0 bridgehead atoms. The Kier molecular flexibility index (Phi) is 3.56. The van der Waals surface area contributed by atoms with Gasteiger partial charge in [0, 0.05) is 15.7 Å². The minimum Gasteiger partial charge on any atom is -0.488 e. The van der Waals surface area contributed by atoms with Crippen LogP contribution in [0.4, 0.5) is 5.69 Å². The molecule has 4 heteroatoms. The van der Waals surface area contributed by atoms with Crippen molar-refractivity contribution in [2.75, 3.05) is 11.9 Å². The molecule has 1 N–H and O–H groups in total. The van der Waals surface area contributed by atoms with Crippen LogP contribution in [-0.2, 0) is 4.79 Å². The Morgan fingerprint density at radius 3 is 2.75 bits per heavy atom. The van der Waals surface area contributed by atoms with Gasteiger partial charge in [0.15, 0.2) is 0 Å². The van der Waals surface area contributed by atoms with E-state index in [1.807, 2.05) is 54.6 Å². The SMILES string of the molecule is O=C(Nc1ccccc1)C1=Cc2cc(Br)ccc2OC1. The highest BCUT2D eigenvalue weighted by molar-refractivity contribution is 9.10. The molecular formula is C16H12BrNO2. The highest BCUT2D eigenvalue weighted by atomic mass is 79.9. The quantitative estimate of drug-likeness (QED) is 0.908. The second-order valence-electron chi connectivity index (χ2n) is 4.46. The van der Waals surface area contributed by atoms with Crippen molar-refractivity contribution in [2.24, 2.45) is 0 Å². The van der Waals surface area contributed by atoms with E-state index >= 15 is 0 Å². The van der Waals surface area contributed by atoms with Crippen LogP contribution in [0.3, 0.4) is 0 Å². The van der Waals surface area contributed by atoms with Crippen LogP contribution in [0.1, 0.15) is 5.56 Å². The van der Waals surface area contributed by atoms with E-state index in [1.54, 1.807) is 0 Å². The summed E-state index contributed by atoms with van der Waals surface area (Å²) in [6.45, 7) is 0.285. The molecule has 0 saturated heterocycles. The van der Waals surface area contributed by atoms with Crippen molar-refractivity contribution in [2.45, 2.75) is 0 Å². The summed E-state index contributed by atoms with van der Waals surface area (Å²) in [5.74, 6) is 0.659. The average Bonchev–Trinajstić information content (AvgIpc) is 2.47. The van der Waals surface area contributed by atoms with Crippen LogP contribution in [0.25, 0.3) is 6.08 Å². The molecule has 0 spiro atoms. The smallest absolute Gasteiger partial charge is 0.255 e. The van der Waals surface area contributed by atoms with Crippen LogP contribution in [0, 0.1) is 0 Å². The Morgan fingerprint density at radius 1 is 1.15 bits per heavy atom. The first-order valence-corrected chi connectivity index (χ1v) is 7.01. The maximum atomic E-state index is 12.2. The molecule has 0 saturated carbocycles. The van der Waals surface area contributed by atoms with Gasteiger partial charge in [0.1, 0.15) is 12.4 Å². The fraction of sp³-hybridized carbons (Fsp3) is 0.0625. The molecule has 100 valence electrons. The van der Waals surface area contributed by atoms with Crippen LogP contribution in [-0.4, -0.2) is 12.5 Å². The fourth-order valence-electron chi connectivity index (χ4n) is 2.01. The van der Waals surface area contributed by atoms with Gasteiger partial charge in [-0.15, -0.1) is 0 Å². The van der Waals surface area contributed by atoms with Crippen molar-refractivity contribution < 1.29 is 9.53 Å². The molecule has 1 aliphatic heterocycles. The molecule has 1 amide bonds. The highest BCUT2D eigenvalue weighted by Crippen LogP contribution is 2.29. The number of anilines is 1. The normalized spacial score (nSPS) is 12.9. The van der Waals surface area contributed by atoms with E-state index in [2.05, 4.69) is 21.2 Å². The van der Waals surface area contributed by atoms with Gasteiger partial charge in [0.25, 0.3) is 5.91 Å². The van der Waals surface area contributed by atoms with Crippen LogP contribution in [0.2, 0.25) is 0 Å². The fourth-order valence-corrected chi connectivity index (χ4v) is 2.39. The Hall–Kier alpha value is -2.07. The molecule has 2 aromatic rings. The molecule has 20 heavy (non-hydrogen) atoms. The van der Waals surface area contributed by atoms with Crippen molar-refractivity contribution in [1.82, 2.24) is 0 Å². The zero-order chi connectivity index (χ0) is 13.9. The van der Waals surface area contributed by atoms with Crippen molar-refractivity contribution in [3.8, 4) is 5.75 Å². The van der Waals surface area contributed by atoms with Crippen LogP contribution in [0.5, 0.6) is 5.75 Å². The van der Waals surface area contributed by atoms with Crippen LogP contribution in [0.15, 0.2) is 58.6 Å². The lowest BCUT2D eigenvalue weighted by molar-refractivity contribution is -0.113. The van der Waals surface area contributed by atoms with E-state index in [0.717, 1.165) is 21.5 Å². The lowest BCUT2D eigenvalue weighted by Gasteiger charge is -2.17. The minimum absolute atomic E-state index is 0.137. The molecule has 3 rings (SSSR count). The first kappa shape index (κ1) is 12.9. The largest absolute Gasteiger partial charge is 0.488 e.